The Hall–Kier alpha value is -1.03. The van der Waals surface area contributed by atoms with Gasteiger partial charge in [0.25, 0.3) is 0 Å². The second-order valence-corrected chi connectivity index (χ2v) is 4.71. The van der Waals surface area contributed by atoms with E-state index in [9.17, 15) is 0 Å². The lowest BCUT2D eigenvalue weighted by Crippen LogP contribution is -2.34. The van der Waals surface area contributed by atoms with Gasteiger partial charge in [0.15, 0.2) is 0 Å². The molecule has 0 radical (unpaired) electrons. The highest BCUT2D eigenvalue weighted by molar-refractivity contribution is 5.35. The number of methoxy groups -OCH3 is 1. The van der Waals surface area contributed by atoms with Gasteiger partial charge in [-0.25, -0.2) is 4.68 Å². The standard InChI is InChI=1S/C12H21N3O/c1-8-7-13-6-5-10(8)11-9(2)14-15(3)12(11)16-4/h8,10,13H,5-7H2,1-4H3. The van der Waals surface area contributed by atoms with Crippen molar-refractivity contribution in [3.05, 3.63) is 11.3 Å². The Morgan fingerprint density at radius 2 is 2.25 bits per heavy atom. The van der Waals surface area contributed by atoms with Gasteiger partial charge in [-0.2, -0.15) is 5.10 Å². The van der Waals surface area contributed by atoms with E-state index in [1.165, 1.54) is 12.0 Å². The fraction of sp³-hybridized carbons (Fsp3) is 0.750. The van der Waals surface area contributed by atoms with Gasteiger partial charge >= 0.3 is 0 Å². The van der Waals surface area contributed by atoms with Crippen LogP contribution in [0.3, 0.4) is 0 Å². The molecule has 4 nitrogen and oxygen atoms in total. The van der Waals surface area contributed by atoms with Crippen LogP contribution in [0.15, 0.2) is 0 Å². The van der Waals surface area contributed by atoms with Gasteiger partial charge in [0.2, 0.25) is 5.88 Å². The monoisotopic (exact) mass is 223 g/mol. The maximum atomic E-state index is 5.48. The van der Waals surface area contributed by atoms with Crippen molar-refractivity contribution in [1.29, 1.82) is 0 Å². The molecule has 1 aromatic heterocycles. The largest absolute Gasteiger partial charge is 0.481 e. The molecular formula is C12H21N3O. The molecule has 0 spiro atoms. The molecule has 1 fully saturated rings. The summed E-state index contributed by atoms with van der Waals surface area (Å²) >= 11 is 0. The predicted molar refractivity (Wildman–Crippen MR) is 63.9 cm³/mol. The van der Waals surface area contributed by atoms with Crippen molar-refractivity contribution in [2.75, 3.05) is 20.2 Å². The maximum Gasteiger partial charge on any atom is 0.215 e. The third-order valence-corrected chi connectivity index (χ3v) is 3.56. The summed E-state index contributed by atoms with van der Waals surface area (Å²) in [7, 11) is 3.67. The van der Waals surface area contributed by atoms with Crippen LogP contribution in [0.4, 0.5) is 0 Å². The molecule has 2 unspecified atom stereocenters. The summed E-state index contributed by atoms with van der Waals surface area (Å²) in [6, 6.07) is 0. The molecule has 0 aromatic carbocycles. The Morgan fingerprint density at radius 3 is 2.88 bits per heavy atom. The Bertz CT molecular complexity index is 373. The average Bonchev–Trinajstić information content (AvgIpc) is 2.54. The molecule has 0 saturated carbocycles. The normalized spacial score (nSPS) is 25.8. The van der Waals surface area contributed by atoms with Crippen molar-refractivity contribution in [3.63, 3.8) is 0 Å². The summed E-state index contributed by atoms with van der Waals surface area (Å²) in [6.07, 6.45) is 1.17. The van der Waals surface area contributed by atoms with Gasteiger partial charge in [0.05, 0.1) is 12.8 Å². The molecule has 90 valence electrons. The first-order valence-electron chi connectivity index (χ1n) is 5.93. The van der Waals surface area contributed by atoms with Gasteiger partial charge in [0.1, 0.15) is 0 Å². The molecule has 0 aliphatic carbocycles. The number of ether oxygens (including phenoxy) is 1. The van der Waals surface area contributed by atoms with Crippen LogP contribution in [0.2, 0.25) is 0 Å². The van der Waals surface area contributed by atoms with Crippen LogP contribution >= 0.6 is 0 Å². The third kappa shape index (κ3) is 1.82. The Labute approximate surface area is 97.0 Å². The van der Waals surface area contributed by atoms with E-state index in [4.69, 9.17) is 4.74 Å². The molecule has 2 heterocycles. The number of aromatic nitrogens is 2. The van der Waals surface area contributed by atoms with Gasteiger partial charge in [-0.05, 0) is 38.3 Å². The summed E-state index contributed by atoms with van der Waals surface area (Å²) in [6.45, 7) is 6.55. The molecule has 2 atom stereocenters. The van der Waals surface area contributed by atoms with Crippen molar-refractivity contribution < 1.29 is 4.74 Å². The number of piperidine rings is 1. The Morgan fingerprint density at radius 1 is 1.50 bits per heavy atom. The SMILES string of the molecule is COc1c(C2CCNCC2C)c(C)nn1C. The van der Waals surface area contributed by atoms with Crippen LogP contribution < -0.4 is 10.1 Å². The second kappa shape index (κ2) is 4.45. The number of nitrogens with zero attached hydrogens (tertiary/aromatic N) is 2. The number of hydrogen-bond acceptors (Lipinski definition) is 3. The molecule has 1 aliphatic rings. The summed E-state index contributed by atoms with van der Waals surface area (Å²) in [5.74, 6) is 2.15. The van der Waals surface area contributed by atoms with E-state index in [-0.39, 0.29) is 0 Å². The highest BCUT2D eigenvalue weighted by Gasteiger charge is 2.29. The van der Waals surface area contributed by atoms with Crippen molar-refractivity contribution in [2.24, 2.45) is 13.0 Å². The molecule has 16 heavy (non-hydrogen) atoms. The van der Waals surface area contributed by atoms with E-state index in [2.05, 4.69) is 24.3 Å². The first kappa shape index (κ1) is 11.5. The quantitative estimate of drug-likeness (QED) is 0.825. The van der Waals surface area contributed by atoms with Crippen molar-refractivity contribution >= 4 is 0 Å². The smallest absolute Gasteiger partial charge is 0.215 e. The number of rotatable bonds is 2. The molecule has 4 heteroatoms. The topological polar surface area (TPSA) is 39.1 Å². The minimum absolute atomic E-state index is 0.574. The van der Waals surface area contributed by atoms with E-state index >= 15 is 0 Å². The lowest BCUT2D eigenvalue weighted by molar-refractivity contribution is 0.324. The molecular weight excluding hydrogens is 202 g/mol. The second-order valence-electron chi connectivity index (χ2n) is 4.71. The zero-order valence-corrected chi connectivity index (χ0v) is 10.6. The average molecular weight is 223 g/mol. The Kier molecular flexibility index (Phi) is 3.19. The van der Waals surface area contributed by atoms with Crippen LogP contribution in [0.5, 0.6) is 5.88 Å². The summed E-state index contributed by atoms with van der Waals surface area (Å²) in [4.78, 5) is 0. The summed E-state index contributed by atoms with van der Waals surface area (Å²) in [5, 5.41) is 7.89. The lowest BCUT2D eigenvalue weighted by Gasteiger charge is -2.29. The van der Waals surface area contributed by atoms with E-state index in [0.717, 1.165) is 24.7 Å². The van der Waals surface area contributed by atoms with Crippen LogP contribution in [0.25, 0.3) is 0 Å². The first-order chi connectivity index (χ1) is 7.65. The molecule has 1 saturated heterocycles. The van der Waals surface area contributed by atoms with Gasteiger partial charge in [-0.15, -0.1) is 0 Å². The van der Waals surface area contributed by atoms with Crippen LogP contribution in [-0.2, 0) is 7.05 Å². The van der Waals surface area contributed by atoms with Gasteiger partial charge in [0, 0.05) is 12.6 Å². The predicted octanol–water partition coefficient (Wildman–Crippen LogP) is 1.45. The molecule has 1 aliphatic heterocycles. The maximum absolute atomic E-state index is 5.48. The minimum Gasteiger partial charge on any atom is -0.481 e. The van der Waals surface area contributed by atoms with E-state index in [1.54, 1.807) is 7.11 Å². The third-order valence-electron chi connectivity index (χ3n) is 3.56. The number of nitrogens with one attached hydrogen (secondary N) is 1. The van der Waals surface area contributed by atoms with Crippen molar-refractivity contribution in [1.82, 2.24) is 15.1 Å². The van der Waals surface area contributed by atoms with Crippen molar-refractivity contribution in [2.45, 2.75) is 26.2 Å². The van der Waals surface area contributed by atoms with Crippen LogP contribution in [0, 0.1) is 12.8 Å². The fourth-order valence-electron chi connectivity index (χ4n) is 2.77. The highest BCUT2D eigenvalue weighted by Crippen LogP contribution is 2.37. The van der Waals surface area contributed by atoms with Gasteiger partial charge < -0.3 is 10.1 Å². The van der Waals surface area contributed by atoms with Gasteiger partial charge in [-0.1, -0.05) is 6.92 Å². The van der Waals surface area contributed by atoms with Crippen molar-refractivity contribution in [3.8, 4) is 5.88 Å². The van der Waals surface area contributed by atoms with E-state index < -0.39 is 0 Å². The zero-order valence-electron chi connectivity index (χ0n) is 10.6. The summed E-state index contributed by atoms with van der Waals surface area (Å²) in [5.41, 5.74) is 2.41. The zero-order chi connectivity index (χ0) is 11.7. The summed E-state index contributed by atoms with van der Waals surface area (Å²) < 4.78 is 7.33. The highest BCUT2D eigenvalue weighted by atomic mass is 16.5. The lowest BCUT2D eigenvalue weighted by atomic mass is 9.82. The minimum atomic E-state index is 0.574. The van der Waals surface area contributed by atoms with Crippen LogP contribution in [-0.4, -0.2) is 30.0 Å². The van der Waals surface area contributed by atoms with E-state index in [1.807, 2.05) is 11.7 Å². The van der Waals surface area contributed by atoms with Gasteiger partial charge in [-0.3, -0.25) is 0 Å². The number of aryl methyl sites for hydroxylation is 2. The Balaban J connectivity index is 2.37. The molecule has 1 aromatic rings. The van der Waals surface area contributed by atoms with E-state index in [0.29, 0.717) is 11.8 Å². The molecule has 0 bridgehead atoms. The number of hydrogen-bond donors (Lipinski definition) is 1. The molecule has 1 N–H and O–H groups in total. The first-order valence-corrected chi connectivity index (χ1v) is 5.93. The molecule has 0 amide bonds. The molecule has 2 rings (SSSR count). The van der Waals surface area contributed by atoms with Crippen LogP contribution in [0.1, 0.15) is 30.5 Å². The fourth-order valence-corrected chi connectivity index (χ4v) is 2.77.